The van der Waals surface area contributed by atoms with Crippen LogP contribution in [0.4, 0.5) is 38.1 Å². The third-order valence-corrected chi connectivity index (χ3v) is 7.86. The van der Waals surface area contributed by atoms with E-state index in [2.05, 4.69) is 15.3 Å². The van der Waals surface area contributed by atoms with Gasteiger partial charge in [0.1, 0.15) is 23.5 Å². The number of ether oxygens (including phenoxy) is 1. The molecule has 1 aliphatic carbocycles. The Balaban J connectivity index is 1.32. The Morgan fingerprint density at radius 3 is 2.39 bits per heavy atom. The Morgan fingerprint density at radius 1 is 1.15 bits per heavy atom. The molecule has 8 nitrogen and oxygen atoms in total. The molecule has 3 aliphatic rings. The molecule has 14 heteroatoms. The highest BCUT2D eigenvalue weighted by Crippen LogP contribution is 2.43. The van der Waals surface area contributed by atoms with Gasteiger partial charge in [-0.15, -0.1) is 0 Å². The fourth-order valence-corrected chi connectivity index (χ4v) is 5.65. The topological polar surface area (TPSA) is 114 Å². The number of nitrogens with two attached hydrogens (primary N) is 1. The summed E-state index contributed by atoms with van der Waals surface area (Å²) in [5, 5.41) is 12.3. The van der Waals surface area contributed by atoms with Gasteiger partial charge in [0.25, 0.3) is 0 Å². The maximum absolute atomic E-state index is 15.8. The Labute approximate surface area is 230 Å². The molecule has 2 saturated heterocycles. The van der Waals surface area contributed by atoms with E-state index in [4.69, 9.17) is 10.5 Å². The first-order chi connectivity index (χ1) is 19.3. The zero-order valence-corrected chi connectivity index (χ0v) is 21.6. The second kappa shape index (κ2) is 10.5. The number of carbonyl (C=O) groups is 1. The van der Waals surface area contributed by atoms with Crippen molar-refractivity contribution in [3.05, 3.63) is 59.7 Å². The molecule has 3 heterocycles. The second-order valence-electron chi connectivity index (χ2n) is 10.7. The van der Waals surface area contributed by atoms with Gasteiger partial charge in [-0.3, -0.25) is 4.79 Å². The van der Waals surface area contributed by atoms with Gasteiger partial charge in [-0.05, 0) is 54.0 Å². The van der Waals surface area contributed by atoms with Crippen molar-refractivity contribution in [2.24, 2.45) is 5.41 Å². The van der Waals surface area contributed by atoms with Gasteiger partial charge in [-0.25, -0.2) is 13.2 Å². The van der Waals surface area contributed by atoms with Crippen molar-refractivity contribution in [1.82, 2.24) is 15.3 Å². The van der Waals surface area contributed by atoms with Crippen LogP contribution in [0.5, 0.6) is 5.88 Å². The average molecular weight is 584 g/mol. The predicted octanol–water partition coefficient (Wildman–Crippen LogP) is 4.43. The van der Waals surface area contributed by atoms with E-state index in [9.17, 15) is 31.9 Å². The van der Waals surface area contributed by atoms with Crippen LogP contribution in [0.2, 0.25) is 0 Å². The molecule has 5 rings (SSSR count). The van der Waals surface area contributed by atoms with Crippen LogP contribution in [0.1, 0.15) is 31.2 Å². The Hall–Kier alpha value is -3.81. The summed E-state index contributed by atoms with van der Waals surface area (Å²) in [6.45, 7) is 1.43. The number of halogens is 6. The molecule has 3 atom stereocenters. The minimum absolute atomic E-state index is 0.0497. The van der Waals surface area contributed by atoms with Gasteiger partial charge in [0.05, 0.1) is 0 Å². The molecule has 41 heavy (non-hydrogen) atoms. The van der Waals surface area contributed by atoms with E-state index in [0.29, 0.717) is 51.0 Å². The lowest BCUT2D eigenvalue weighted by Gasteiger charge is -2.39. The molecule has 2 aliphatic heterocycles. The maximum atomic E-state index is 15.8. The minimum atomic E-state index is -5.16. The standard InChI is InChI=1S/C27H27F6N5O3/c28-17-9-16(10-18(29)11-17)15-1-3-26(30,4-2-15)23(27(31,32)33)41-21-12-20(36-24(34)37-21)38-7-5-25(6-8-38)13-19(22(39)40)35-14-25/h1-3,9-12,19,23,35H,4-8,13-14H2,(H,39,40)(H2,34,36,37)/t19-,23?,26?/m0/s1. The molecule has 220 valence electrons. The Kier molecular flexibility index (Phi) is 7.38. The van der Waals surface area contributed by atoms with E-state index in [0.717, 1.165) is 30.4 Å². The van der Waals surface area contributed by atoms with Gasteiger partial charge in [0.2, 0.25) is 17.9 Å². The largest absolute Gasteiger partial charge is 0.480 e. The van der Waals surface area contributed by atoms with Crippen molar-refractivity contribution < 1.29 is 41.0 Å². The maximum Gasteiger partial charge on any atom is 0.429 e. The highest BCUT2D eigenvalue weighted by atomic mass is 19.4. The Bertz CT molecular complexity index is 1370. The number of benzene rings is 1. The first-order valence-electron chi connectivity index (χ1n) is 12.9. The number of piperidine rings is 1. The van der Waals surface area contributed by atoms with Gasteiger partial charge < -0.3 is 25.8 Å². The second-order valence-corrected chi connectivity index (χ2v) is 10.7. The lowest BCUT2D eigenvalue weighted by Crippen LogP contribution is -2.51. The van der Waals surface area contributed by atoms with Crippen molar-refractivity contribution >= 4 is 23.3 Å². The normalized spacial score (nSPS) is 24.8. The molecule has 2 fully saturated rings. The highest BCUT2D eigenvalue weighted by Gasteiger charge is 2.56. The van der Waals surface area contributed by atoms with Crippen LogP contribution < -0.4 is 20.7 Å². The van der Waals surface area contributed by atoms with Crippen molar-refractivity contribution in [1.29, 1.82) is 0 Å². The van der Waals surface area contributed by atoms with E-state index in [1.807, 2.05) is 0 Å². The van der Waals surface area contributed by atoms with Gasteiger partial charge in [0, 0.05) is 38.2 Å². The molecular weight excluding hydrogens is 556 g/mol. The third-order valence-electron chi connectivity index (χ3n) is 7.86. The number of nitrogen functional groups attached to an aromatic ring is 1. The first kappa shape index (κ1) is 28.7. The van der Waals surface area contributed by atoms with Gasteiger partial charge in [0.15, 0.2) is 5.67 Å². The number of nitrogens with zero attached hydrogens (tertiary/aromatic N) is 3. The molecule has 2 aromatic rings. The smallest absolute Gasteiger partial charge is 0.429 e. The Morgan fingerprint density at radius 2 is 1.83 bits per heavy atom. The van der Waals surface area contributed by atoms with Crippen LogP contribution in [-0.4, -0.2) is 64.7 Å². The number of carboxylic acid groups (broad SMARTS) is 1. The van der Waals surface area contributed by atoms with Crippen LogP contribution in [0.25, 0.3) is 5.57 Å². The van der Waals surface area contributed by atoms with Crippen molar-refractivity contribution in [2.45, 2.75) is 49.7 Å². The minimum Gasteiger partial charge on any atom is -0.480 e. The molecule has 0 saturated carbocycles. The summed E-state index contributed by atoms with van der Waals surface area (Å²) >= 11 is 0. The van der Waals surface area contributed by atoms with Crippen LogP contribution in [-0.2, 0) is 4.79 Å². The lowest BCUT2D eigenvalue weighted by atomic mass is 9.76. The summed E-state index contributed by atoms with van der Waals surface area (Å²) in [7, 11) is 0. The van der Waals surface area contributed by atoms with Gasteiger partial charge in [-0.1, -0.05) is 12.2 Å². The molecular formula is C27H27F6N5O3. The number of hydrogen-bond donors (Lipinski definition) is 3. The zero-order valence-electron chi connectivity index (χ0n) is 21.6. The predicted molar refractivity (Wildman–Crippen MR) is 137 cm³/mol. The van der Waals surface area contributed by atoms with Gasteiger partial charge in [-0.2, -0.15) is 23.1 Å². The van der Waals surface area contributed by atoms with Crippen LogP contribution >= 0.6 is 0 Å². The molecule has 1 spiro atoms. The summed E-state index contributed by atoms with van der Waals surface area (Å²) in [6.07, 6.45) is -4.40. The van der Waals surface area contributed by atoms with E-state index in [-0.39, 0.29) is 28.3 Å². The number of aromatic nitrogens is 2. The van der Waals surface area contributed by atoms with Crippen molar-refractivity contribution in [3.63, 3.8) is 0 Å². The quantitative estimate of drug-likeness (QED) is 0.428. The number of alkyl halides is 4. The van der Waals surface area contributed by atoms with E-state index in [1.165, 1.54) is 0 Å². The number of nitrogens with one attached hydrogen (secondary N) is 1. The van der Waals surface area contributed by atoms with E-state index >= 15 is 4.39 Å². The summed E-state index contributed by atoms with van der Waals surface area (Å²) in [4.78, 5) is 21.0. The van der Waals surface area contributed by atoms with E-state index < -0.39 is 53.9 Å². The van der Waals surface area contributed by atoms with Crippen LogP contribution in [0.3, 0.4) is 0 Å². The molecule has 2 unspecified atom stereocenters. The molecule has 1 aromatic heterocycles. The van der Waals surface area contributed by atoms with Crippen LogP contribution in [0, 0.1) is 17.0 Å². The third kappa shape index (κ3) is 6.11. The number of anilines is 2. The molecule has 1 aromatic carbocycles. The number of rotatable bonds is 6. The zero-order chi connectivity index (χ0) is 29.6. The first-order valence-corrected chi connectivity index (χ1v) is 12.9. The van der Waals surface area contributed by atoms with Gasteiger partial charge >= 0.3 is 12.1 Å². The monoisotopic (exact) mass is 583 g/mol. The van der Waals surface area contributed by atoms with Crippen molar-refractivity contribution in [3.8, 4) is 5.88 Å². The fourth-order valence-electron chi connectivity index (χ4n) is 5.65. The molecule has 0 bridgehead atoms. The summed E-state index contributed by atoms with van der Waals surface area (Å²) < 4.78 is 90.5. The summed E-state index contributed by atoms with van der Waals surface area (Å²) in [5.74, 6) is -3.42. The number of allylic oxidation sites excluding steroid dienone is 3. The molecule has 0 amide bonds. The molecule has 4 N–H and O–H groups in total. The highest BCUT2D eigenvalue weighted by molar-refractivity contribution is 5.75. The lowest BCUT2D eigenvalue weighted by molar-refractivity contribution is -0.224. The molecule has 0 radical (unpaired) electrons. The SMILES string of the molecule is Nc1nc(OC(C(F)(F)F)C2(F)C=CC(c3cc(F)cc(F)c3)=CC2)cc(N2CCC3(CC2)CN[C@H](C(=O)O)C3)n1. The summed E-state index contributed by atoms with van der Waals surface area (Å²) in [5.41, 5.74) is 2.71. The average Bonchev–Trinajstić information content (AvgIpc) is 3.30. The number of aliphatic carboxylic acids is 1. The number of hydrogen-bond acceptors (Lipinski definition) is 7. The van der Waals surface area contributed by atoms with Crippen molar-refractivity contribution in [2.75, 3.05) is 30.3 Å². The fraction of sp³-hybridized carbons (Fsp3) is 0.444. The van der Waals surface area contributed by atoms with E-state index in [1.54, 1.807) is 4.90 Å². The number of carboxylic acids is 1. The summed E-state index contributed by atoms with van der Waals surface area (Å²) in [6, 6.07) is 3.16. The van der Waals surface area contributed by atoms with Crippen LogP contribution in [0.15, 0.2) is 42.5 Å².